The fraction of sp³-hybridized carbons (Fsp3) is 0.111. The first-order valence-electron chi connectivity index (χ1n) is 7.84. The Morgan fingerprint density at radius 2 is 1.96 bits per heavy atom. The first-order valence-corrected chi connectivity index (χ1v) is 8.22. The lowest BCUT2D eigenvalue weighted by atomic mass is 10.3. The number of aromatic nitrogens is 3. The van der Waals surface area contributed by atoms with E-state index in [0.717, 1.165) is 5.69 Å². The lowest BCUT2D eigenvalue weighted by Gasteiger charge is -2.03. The zero-order valence-corrected chi connectivity index (χ0v) is 14.7. The van der Waals surface area contributed by atoms with E-state index in [-0.39, 0.29) is 12.1 Å². The highest BCUT2D eigenvalue weighted by Gasteiger charge is 2.13. The highest BCUT2D eigenvalue weighted by atomic mass is 35.5. The molecular weight excluding hydrogens is 354 g/mol. The number of hydrogen-bond acceptors (Lipinski definition) is 4. The molecule has 0 bridgehead atoms. The average molecular weight is 370 g/mol. The summed E-state index contributed by atoms with van der Waals surface area (Å²) in [6.07, 6.45) is 2.98. The summed E-state index contributed by atoms with van der Waals surface area (Å²) in [7, 11) is 0. The van der Waals surface area contributed by atoms with Gasteiger partial charge >= 0.3 is 0 Å². The van der Waals surface area contributed by atoms with Crippen LogP contribution >= 0.6 is 11.6 Å². The van der Waals surface area contributed by atoms with Gasteiger partial charge in [0.2, 0.25) is 0 Å². The molecular formula is C18H16ClN5O2. The zero-order valence-electron chi connectivity index (χ0n) is 14.0. The summed E-state index contributed by atoms with van der Waals surface area (Å²) in [6, 6.07) is 14.1. The zero-order chi connectivity index (χ0) is 18.5. The molecule has 3 rings (SSSR count). The molecule has 26 heavy (non-hydrogen) atoms. The normalized spacial score (nSPS) is 11.0. The second kappa shape index (κ2) is 7.79. The molecule has 3 aromatic rings. The molecule has 0 saturated heterocycles. The van der Waals surface area contributed by atoms with Gasteiger partial charge in [-0.1, -0.05) is 35.9 Å². The molecule has 7 nitrogen and oxygen atoms in total. The van der Waals surface area contributed by atoms with E-state index < -0.39 is 5.91 Å². The van der Waals surface area contributed by atoms with E-state index in [2.05, 4.69) is 15.6 Å². The first kappa shape index (κ1) is 17.6. The van der Waals surface area contributed by atoms with Gasteiger partial charge in [0, 0.05) is 12.3 Å². The van der Waals surface area contributed by atoms with Crippen LogP contribution in [-0.4, -0.2) is 26.5 Å². The van der Waals surface area contributed by atoms with Crippen LogP contribution in [0, 0.1) is 6.92 Å². The average Bonchev–Trinajstić information content (AvgIpc) is 2.92. The van der Waals surface area contributed by atoms with E-state index >= 15 is 0 Å². The Balaban J connectivity index is 1.71. The third-order valence-electron chi connectivity index (χ3n) is 3.64. The van der Waals surface area contributed by atoms with Crippen LogP contribution in [-0.2, 0) is 11.3 Å². The molecule has 0 aliphatic carbocycles. The first-order chi connectivity index (χ1) is 12.6. The summed E-state index contributed by atoms with van der Waals surface area (Å²) in [5.74, 6) is -0.418. The van der Waals surface area contributed by atoms with Crippen molar-refractivity contribution in [2.24, 2.45) is 5.10 Å². The molecule has 0 spiro atoms. The Bertz CT molecular complexity index is 1010. The van der Waals surface area contributed by atoms with Crippen molar-refractivity contribution in [3.63, 3.8) is 0 Å². The molecule has 0 saturated carbocycles. The van der Waals surface area contributed by atoms with Gasteiger partial charge in [-0.3, -0.25) is 9.59 Å². The van der Waals surface area contributed by atoms with E-state index in [4.69, 9.17) is 11.6 Å². The van der Waals surface area contributed by atoms with Crippen LogP contribution in [0.1, 0.15) is 11.3 Å². The lowest BCUT2D eigenvalue weighted by molar-refractivity contribution is -0.121. The third kappa shape index (κ3) is 3.89. The number of rotatable bonds is 5. The maximum Gasteiger partial charge on any atom is 0.260 e. The number of hydrogen-bond donors (Lipinski definition) is 1. The summed E-state index contributed by atoms with van der Waals surface area (Å²) in [6.45, 7) is 1.69. The van der Waals surface area contributed by atoms with Crippen molar-refractivity contribution in [1.29, 1.82) is 0 Å². The number of amides is 1. The number of para-hydroxylation sites is 1. The van der Waals surface area contributed by atoms with Crippen molar-refractivity contribution in [3.05, 3.63) is 81.5 Å². The maximum absolute atomic E-state index is 11.9. The van der Waals surface area contributed by atoms with Gasteiger partial charge in [0.25, 0.3) is 11.5 Å². The Hall–Kier alpha value is -3.19. The SMILES string of the molecule is Cc1nn(-c2ccccc2)c(Cl)c1/C=N\NC(=O)Cn1ccccc1=O. The van der Waals surface area contributed by atoms with E-state index in [9.17, 15) is 9.59 Å². The minimum atomic E-state index is -0.418. The van der Waals surface area contributed by atoms with Crippen LogP contribution in [0.5, 0.6) is 0 Å². The fourth-order valence-corrected chi connectivity index (χ4v) is 2.67. The van der Waals surface area contributed by atoms with E-state index in [1.165, 1.54) is 23.0 Å². The molecule has 1 N–H and O–H groups in total. The number of carbonyl (C=O) groups excluding carboxylic acids is 1. The molecule has 1 amide bonds. The number of pyridine rings is 1. The van der Waals surface area contributed by atoms with Crippen LogP contribution in [0.4, 0.5) is 0 Å². The predicted octanol–water partition coefficient (Wildman–Crippen LogP) is 2.15. The minimum Gasteiger partial charge on any atom is -0.306 e. The largest absolute Gasteiger partial charge is 0.306 e. The number of halogens is 1. The second-order valence-corrected chi connectivity index (χ2v) is 5.86. The van der Waals surface area contributed by atoms with Crippen LogP contribution in [0.15, 0.2) is 64.6 Å². The third-order valence-corrected chi connectivity index (χ3v) is 4.01. The van der Waals surface area contributed by atoms with Gasteiger partial charge in [0.05, 0.1) is 23.2 Å². The summed E-state index contributed by atoms with van der Waals surface area (Å²) in [5.41, 5.74) is 4.24. The molecule has 1 aromatic carbocycles. The van der Waals surface area contributed by atoms with Gasteiger partial charge in [-0.25, -0.2) is 10.1 Å². The Labute approximate surface area is 154 Å². The van der Waals surface area contributed by atoms with Crippen molar-refractivity contribution in [3.8, 4) is 5.69 Å². The smallest absolute Gasteiger partial charge is 0.260 e. The summed E-state index contributed by atoms with van der Waals surface area (Å²) < 4.78 is 2.89. The molecule has 0 fully saturated rings. The van der Waals surface area contributed by atoms with E-state index in [1.54, 1.807) is 23.7 Å². The molecule has 0 radical (unpaired) electrons. The molecule has 0 atom stereocenters. The summed E-state index contributed by atoms with van der Waals surface area (Å²) >= 11 is 6.38. The van der Waals surface area contributed by atoms with Gasteiger partial charge < -0.3 is 4.57 Å². The second-order valence-electron chi connectivity index (χ2n) is 5.50. The maximum atomic E-state index is 11.9. The molecule has 0 unspecified atom stereocenters. The lowest BCUT2D eigenvalue weighted by Crippen LogP contribution is -2.29. The molecule has 132 valence electrons. The molecule has 2 heterocycles. The monoisotopic (exact) mass is 369 g/mol. The van der Waals surface area contributed by atoms with Crippen LogP contribution in [0.2, 0.25) is 5.15 Å². The van der Waals surface area contributed by atoms with Crippen LogP contribution in [0.25, 0.3) is 5.69 Å². The molecule has 8 heteroatoms. The van der Waals surface area contributed by atoms with Crippen molar-refractivity contribution in [1.82, 2.24) is 19.8 Å². The number of hydrazone groups is 1. The van der Waals surface area contributed by atoms with Gasteiger partial charge in [-0.05, 0) is 25.1 Å². The van der Waals surface area contributed by atoms with Crippen LogP contribution in [0.3, 0.4) is 0 Å². The summed E-state index contributed by atoms with van der Waals surface area (Å²) in [4.78, 5) is 23.5. The van der Waals surface area contributed by atoms with E-state index in [0.29, 0.717) is 16.4 Å². The van der Waals surface area contributed by atoms with Gasteiger partial charge in [0.1, 0.15) is 11.7 Å². The Morgan fingerprint density at radius 1 is 1.23 bits per heavy atom. The number of nitrogens with one attached hydrogen (secondary N) is 1. The number of nitrogens with zero attached hydrogens (tertiary/aromatic N) is 4. The standard InChI is InChI=1S/C18H16ClN5O2/c1-13-15(18(19)24(22-13)14-7-3-2-4-8-14)11-20-21-16(25)12-23-10-6-5-9-17(23)26/h2-11H,12H2,1H3,(H,21,25)/b20-11-. The topological polar surface area (TPSA) is 81.3 Å². The fourth-order valence-electron chi connectivity index (χ4n) is 2.35. The van der Waals surface area contributed by atoms with Gasteiger partial charge in [-0.15, -0.1) is 0 Å². The van der Waals surface area contributed by atoms with Crippen molar-refractivity contribution >= 4 is 23.7 Å². The van der Waals surface area contributed by atoms with Crippen molar-refractivity contribution in [2.75, 3.05) is 0 Å². The quantitative estimate of drug-likeness (QED) is 0.552. The predicted molar refractivity (Wildman–Crippen MR) is 99.7 cm³/mol. The number of benzene rings is 1. The number of carbonyl (C=O) groups is 1. The highest BCUT2D eigenvalue weighted by Crippen LogP contribution is 2.21. The van der Waals surface area contributed by atoms with Crippen molar-refractivity contribution in [2.45, 2.75) is 13.5 Å². The van der Waals surface area contributed by atoms with Gasteiger partial charge in [0.15, 0.2) is 0 Å². The van der Waals surface area contributed by atoms with Crippen LogP contribution < -0.4 is 11.0 Å². The minimum absolute atomic E-state index is 0.118. The van der Waals surface area contributed by atoms with Crippen molar-refractivity contribution < 1.29 is 4.79 Å². The molecule has 0 aliphatic rings. The molecule has 2 aromatic heterocycles. The summed E-state index contributed by atoms with van der Waals surface area (Å²) in [5, 5.41) is 8.71. The molecule has 0 aliphatic heterocycles. The van der Waals surface area contributed by atoms with Gasteiger partial charge in [-0.2, -0.15) is 10.2 Å². The highest BCUT2D eigenvalue weighted by molar-refractivity contribution is 6.32. The Kier molecular flexibility index (Phi) is 5.28. The van der Waals surface area contributed by atoms with E-state index in [1.807, 2.05) is 30.3 Å². The number of aryl methyl sites for hydroxylation is 1. The Morgan fingerprint density at radius 3 is 2.69 bits per heavy atom.